The first-order valence-electron chi connectivity index (χ1n) is 7.83. The Morgan fingerprint density at radius 2 is 1.86 bits per heavy atom. The van der Waals surface area contributed by atoms with E-state index in [1.54, 1.807) is 31.2 Å². The molecule has 0 aromatic heterocycles. The number of piperidine rings is 1. The van der Waals surface area contributed by atoms with E-state index in [9.17, 15) is 9.59 Å². The third kappa shape index (κ3) is 4.00. The zero-order chi connectivity index (χ0) is 16.1. The lowest BCUT2D eigenvalue weighted by Gasteiger charge is -2.35. The Bertz CT molecular complexity index is 534. The summed E-state index contributed by atoms with van der Waals surface area (Å²) in [7, 11) is 0. The standard InChI is InChI=1S/C17H24N2O3/c1-4-22-16(20)14-7-5-6-8-15(14)18-17(21)19-10-12(2)9-13(3)11-19/h5-8,12-13H,4,9-11H2,1-3H3,(H,18,21). The van der Waals surface area contributed by atoms with Gasteiger partial charge in [-0.1, -0.05) is 26.0 Å². The van der Waals surface area contributed by atoms with Gasteiger partial charge in [-0.15, -0.1) is 0 Å². The minimum Gasteiger partial charge on any atom is -0.462 e. The Labute approximate surface area is 131 Å². The number of rotatable bonds is 3. The Hall–Kier alpha value is -2.04. The van der Waals surface area contributed by atoms with Gasteiger partial charge in [0.2, 0.25) is 0 Å². The van der Waals surface area contributed by atoms with E-state index in [4.69, 9.17) is 4.74 Å². The first-order chi connectivity index (χ1) is 10.5. The van der Waals surface area contributed by atoms with Gasteiger partial charge in [0.1, 0.15) is 0 Å². The second-order valence-electron chi connectivity index (χ2n) is 6.05. The van der Waals surface area contributed by atoms with Gasteiger partial charge >= 0.3 is 12.0 Å². The molecule has 120 valence electrons. The molecular weight excluding hydrogens is 280 g/mol. The Morgan fingerprint density at radius 1 is 1.23 bits per heavy atom. The number of nitrogens with zero attached hydrogens (tertiary/aromatic N) is 1. The van der Waals surface area contributed by atoms with Crippen LogP contribution in [0.2, 0.25) is 0 Å². The topological polar surface area (TPSA) is 58.6 Å². The number of hydrogen-bond donors (Lipinski definition) is 1. The zero-order valence-corrected chi connectivity index (χ0v) is 13.5. The van der Waals surface area contributed by atoms with E-state index >= 15 is 0 Å². The monoisotopic (exact) mass is 304 g/mol. The number of nitrogens with one attached hydrogen (secondary N) is 1. The number of anilines is 1. The zero-order valence-electron chi connectivity index (χ0n) is 13.5. The van der Waals surface area contributed by atoms with Gasteiger partial charge in [-0.05, 0) is 37.3 Å². The molecule has 2 unspecified atom stereocenters. The van der Waals surface area contributed by atoms with Crippen LogP contribution in [0.4, 0.5) is 10.5 Å². The first-order valence-corrected chi connectivity index (χ1v) is 7.83. The van der Waals surface area contributed by atoms with Crippen molar-refractivity contribution in [1.29, 1.82) is 0 Å². The Balaban J connectivity index is 2.10. The number of amides is 2. The molecule has 0 saturated carbocycles. The Kier molecular flexibility index (Phi) is 5.41. The minimum atomic E-state index is -0.418. The number of para-hydroxylation sites is 1. The molecule has 0 bridgehead atoms. The summed E-state index contributed by atoms with van der Waals surface area (Å²) in [5.74, 6) is 0.573. The van der Waals surface area contributed by atoms with Crippen molar-refractivity contribution in [3.63, 3.8) is 0 Å². The fraction of sp³-hybridized carbons (Fsp3) is 0.529. The predicted molar refractivity (Wildman–Crippen MR) is 85.9 cm³/mol. The third-order valence-corrected chi connectivity index (χ3v) is 3.82. The van der Waals surface area contributed by atoms with Gasteiger partial charge in [0.25, 0.3) is 0 Å². The molecule has 5 heteroatoms. The molecule has 1 heterocycles. The molecule has 1 aromatic rings. The molecule has 1 saturated heterocycles. The van der Waals surface area contributed by atoms with Crippen LogP contribution in [0.15, 0.2) is 24.3 Å². The highest BCUT2D eigenvalue weighted by Gasteiger charge is 2.26. The number of benzene rings is 1. The fourth-order valence-electron chi connectivity index (χ4n) is 3.00. The molecule has 0 radical (unpaired) electrons. The minimum absolute atomic E-state index is 0.157. The molecule has 2 amide bonds. The van der Waals surface area contributed by atoms with Gasteiger partial charge in [0, 0.05) is 13.1 Å². The van der Waals surface area contributed by atoms with E-state index in [0.29, 0.717) is 29.7 Å². The van der Waals surface area contributed by atoms with Crippen LogP contribution in [-0.4, -0.2) is 36.6 Å². The number of esters is 1. The molecule has 5 nitrogen and oxygen atoms in total. The summed E-state index contributed by atoms with van der Waals surface area (Å²) in [6, 6.07) is 6.78. The maximum atomic E-state index is 12.5. The van der Waals surface area contributed by atoms with Crippen molar-refractivity contribution in [2.45, 2.75) is 27.2 Å². The Morgan fingerprint density at radius 3 is 2.50 bits per heavy atom. The van der Waals surface area contributed by atoms with Gasteiger partial charge in [-0.3, -0.25) is 0 Å². The van der Waals surface area contributed by atoms with Gasteiger partial charge in [-0.25, -0.2) is 9.59 Å². The van der Waals surface area contributed by atoms with Crippen molar-refractivity contribution in [2.24, 2.45) is 11.8 Å². The molecule has 2 rings (SSSR count). The van der Waals surface area contributed by atoms with Crippen molar-refractivity contribution in [3.8, 4) is 0 Å². The van der Waals surface area contributed by atoms with Crippen LogP contribution in [0.25, 0.3) is 0 Å². The van der Waals surface area contributed by atoms with Crippen molar-refractivity contribution < 1.29 is 14.3 Å². The summed E-state index contributed by atoms with van der Waals surface area (Å²) in [4.78, 5) is 26.2. The van der Waals surface area contributed by atoms with Crippen molar-refractivity contribution in [3.05, 3.63) is 29.8 Å². The lowest BCUT2D eigenvalue weighted by Crippen LogP contribution is -2.44. The first kappa shape index (κ1) is 16.3. The SMILES string of the molecule is CCOC(=O)c1ccccc1NC(=O)N1CC(C)CC(C)C1. The molecule has 1 fully saturated rings. The van der Waals surface area contributed by atoms with Crippen LogP contribution < -0.4 is 5.32 Å². The van der Waals surface area contributed by atoms with E-state index in [2.05, 4.69) is 19.2 Å². The fourth-order valence-corrected chi connectivity index (χ4v) is 3.00. The van der Waals surface area contributed by atoms with Gasteiger partial charge in [0.05, 0.1) is 17.9 Å². The van der Waals surface area contributed by atoms with Crippen molar-refractivity contribution >= 4 is 17.7 Å². The molecule has 1 aromatic carbocycles. The van der Waals surface area contributed by atoms with Crippen LogP contribution in [-0.2, 0) is 4.74 Å². The summed E-state index contributed by atoms with van der Waals surface area (Å²) in [5.41, 5.74) is 0.882. The van der Waals surface area contributed by atoms with Crippen molar-refractivity contribution in [2.75, 3.05) is 25.0 Å². The van der Waals surface area contributed by atoms with Gasteiger partial charge < -0.3 is 15.0 Å². The lowest BCUT2D eigenvalue weighted by molar-refractivity contribution is 0.0527. The largest absolute Gasteiger partial charge is 0.462 e. The normalized spacial score (nSPS) is 21.3. The molecule has 22 heavy (non-hydrogen) atoms. The van der Waals surface area contributed by atoms with Crippen LogP contribution in [0.3, 0.4) is 0 Å². The predicted octanol–water partition coefficient (Wildman–Crippen LogP) is 3.37. The molecule has 1 N–H and O–H groups in total. The number of urea groups is 1. The highest BCUT2D eigenvalue weighted by atomic mass is 16.5. The van der Waals surface area contributed by atoms with Crippen LogP contribution in [0.5, 0.6) is 0 Å². The average molecular weight is 304 g/mol. The maximum absolute atomic E-state index is 12.5. The molecule has 0 aliphatic carbocycles. The second kappa shape index (κ2) is 7.29. The van der Waals surface area contributed by atoms with Crippen LogP contribution >= 0.6 is 0 Å². The quantitative estimate of drug-likeness (QED) is 0.871. The number of carbonyl (C=O) groups is 2. The highest BCUT2D eigenvalue weighted by molar-refractivity contribution is 6.00. The number of likely N-dealkylation sites (tertiary alicyclic amines) is 1. The summed E-state index contributed by atoms with van der Waals surface area (Å²) < 4.78 is 5.03. The van der Waals surface area contributed by atoms with E-state index < -0.39 is 5.97 Å². The van der Waals surface area contributed by atoms with E-state index in [0.717, 1.165) is 19.5 Å². The van der Waals surface area contributed by atoms with Crippen LogP contribution in [0.1, 0.15) is 37.6 Å². The summed E-state index contributed by atoms with van der Waals surface area (Å²) >= 11 is 0. The highest BCUT2D eigenvalue weighted by Crippen LogP contribution is 2.23. The molecule has 1 aliphatic heterocycles. The smallest absolute Gasteiger partial charge is 0.340 e. The summed E-state index contributed by atoms with van der Waals surface area (Å²) in [6.45, 7) is 7.87. The maximum Gasteiger partial charge on any atom is 0.340 e. The van der Waals surface area contributed by atoms with E-state index in [1.165, 1.54) is 0 Å². The third-order valence-electron chi connectivity index (χ3n) is 3.82. The molecular formula is C17H24N2O3. The lowest BCUT2D eigenvalue weighted by atomic mass is 9.92. The van der Waals surface area contributed by atoms with E-state index in [-0.39, 0.29) is 6.03 Å². The number of carbonyl (C=O) groups excluding carboxylic acids is 2. The number of hydrogen-bond acceptors (Lipinski definition) is 3. The molecule has 0 spiro atoms. The van der Waals surface area contributed by atoms with Gasteiger partial charge in [0.15, 0.2) is 0 Å². The van der Waals surface area contributed by atoms with Crippen molar-refractivity contribution in [1.82, 2.24) is 4.90 Å². The summed E-state index contributed by atoms with van der Waals surface area (Å²) in [5, 5.41) is 2.85. The van der Waals surface area contributed by atoms with E-state index in [1.807, 2.05) is 4.90 Å². The van der Waals surface area contributed by atoms with Crippen LogP contribution in [0, 0.1) is 11.8 Å². The number of ether oxygens (including phenoxy) is 1. The summed E-state index contributed by atoms with van der Waals surface area (Å²) in [6.07, 6.45) is 1.14. The average Bonchev–Trinajstić information content (AvgIpc) is 2.47. The van der Waals surface area contributed by atoms with Gasteiger partial charge in [-0.2, -0.15) is 0 Å². The molecule has 2 atom stereocenters. The second-order valence-corrected chi connectivity index (χ2v) is 6.05. The molecule has 1 aliphatic rings.